The van der Waals surface area contributed by atoms with Gasteiger partial charge in [0.25, 0.3) is 0 Å². The summed E-state index contributed by atoms with van der Waals surface area (Å²) in [6.45, 7) is -0.285. The minimum atomic E-state index is -0.998. The molecule has 0 amide bonds. The van der Waals surface area contributed by atoms with Gasteiger partial charge < -0.3 is 5.11 Å². The van der Waals surface area contributed by atoms with Crippen LogP contribution >= 0.6 is 0 Å². The van der Waals surface area contributed by atoms with Crippen LogP contribution in [0.2, 0.25) is 0 Å². The Balaban J connectivity index is -0.000000296. The van der Waals surface area contributed by atoms with Crippen LogP contribution < -0.4 is 0 Å². The molecular weight excluding hydrogens is 316 g/mol. The van der Waals surface area contributed by atoms with Gasteiger partial charge in [-0.2, -0.15) is 0 Å². The summed E-state index contributed by atoms with van der Waals surface area (Å²) in [7, 11) is 0.889. The molecule has 0 aromatic heterocycles. The van der Waals surface area contributed by atoms with Crippen LogP contribution in [0.15, 0.2) is 0 Å². The van der Waals surface area contributed by atoms with Gasteiger partial charge in [0, 0.05) is 22.7 Å². The molecule has 0 heterocycles. The number of hydrogen-bond donors (Lipinski definition) is 1. The minimum absolute atomic E-state index is 0. The zero-order valence-corrected chi connectivity index (χ0v) is 13.2. The van der Waals surface area contributed by atoms with Gasteiger partial charge in [-0.3, -0.25) is 25.0 Å². The molecule has 0 saturated heterocycles. The average Bonchev–Trinajstić information content (AvgIpc) is 2.39. The Morgan fingerprint density at radius 3 is 1.62 bits per heavy atom. The molecule has 0 aromatic rings. The lowest BCUT2D eigenvalue weighted by Crippen LogP contribution is -2.38. The normalized spacial score (nSPS) is 18.2. The molecular formula is C16H34N2O6. The maximum atomic E-state index is 10.5. The van der Waals surface area contributed by atoms with E-state index in [2.05, 4.69) is 0 Å². The lowest BCUT2D eigenvalue weighted by molar-refractivity contribution is -0.502. The standard InChI is InChI=1S/C7H13NO3.C6H10O.CH3NO2.2CH4/c9-7(6-8(10)11)4-2-1-3-5-7;7-6-4-2-1-3-5-6;1-2(3)4;;/h9H,1-6H2;1-5H2;1H3;2*1H4. The smallest absolute Gasteiger partial charge is 0.232 e. The summed E-state index contributed by atoms with van der Waals surface area (Å²) in [5, 5.41) is 28.5. The van der Waals surface area contributed by atoms with E-state index in [-0.39, 0.29) is 21.4 Å². The molecule has 0 atom stereocenters. The molecule has 0 aliphatic heterocycles. The third-order valence-corrected chi connectivity index (χ3v) is 3.62. The molecule has 2 aliphatic carbocycles. The topological polar surface area (TPSA) is 124 Å². The number of nitrogens with zero attached hydrogens (tertiary/aromatic N) is 2. The Kier molecular flexibility index (Phi) is 17.0. The van der Waals surface area contributed by atoms with Crippen LogP contribution in [0.4, 0.5) is 0 Å². The summed E-state index contributed by atoms with van der Waals surface area (Å²) in [5.41, 5.74) is -0.998. The number of Topliss-reactive ketones (excluding diaryl/α,β-unsaturated/α-hetero) is 1. The molecule has 0 unspecified atom stereocenters. The predicted octanol–water partition coefficient (Wildman–Crippen LogP) is 3.64. The highest BCUT2D eigenvalue weighted by Crippen LogP contribution is 2.27. The number of rotatable bonds is 2. The fraction of sp³-hybridized carbons (Fsp3) is 0.938. The number of nitro groups is 2. The van der Waals surface area contributed by atoms with E-state index in [0.29, 0.717) is 18.6 Å². The third kappa shape index (κ3) is 16.8. The van der Waals surface area contributed by atoms with E-state index < -0.39 is 15.4 Å². The van der Waals surface area contributed by atoms with Crippen molar-refractivity contribution in [3.8, 4) is 0 Å². The molecule has 2 fully saturated rings. The number of aliphatic hydroxyl groups is 1. The molecule has 0 aromatic carbocycles. The van der Waals surface area contributed by atoms with Crippen LogP contribution in [-0.2, 0) is 4.79 Å². The molecule has 0 spiro atoms. The summed E-state index contributed by atoms with van der Waals surface area (Å²) in [6, 6.07) is 0. The highest BCUT2D eigenvalue weighted by Gasteiger charge is 2.34. The first kappa shape index (κ1) is 27.3. The average molecular weight is 350 g/mol. The Hall–Kier alpha value is -1.57. The van der Waals surface area contributed by atoms with E-state index >= 15 is 0 Å². The van der Waals surface area contributed by atoms with E-state index in [1.807, 2.05) is 0 Å². The van der Waals surface area contributed by atoms with Gasteiger partial charge in [-0.05, 0) is 25.7 Å². The number of hydrogen-bond acceptors (Lipinski definition) is 6. The third-order valence-electron chi connectivity index (χ3n) is 3.62. The summed E-state index contributed by atoms with van der Waals surface area (Å²) >= 11 is 0. The van der Waals surface area contributed by atoms with Crippen LogP contribution in [0.25, 0.3) is 0 Å². The Bertz CT molecular complexity index is 356. The van der Waals surface area contributed by atoms with Crippen molar-refractivity contribution in [2.24, 2.45) is 0 Å². The van der Waals surface area contributed by atoms with Crippen molar-refractivity contribution >= 4 is 5.78 Å². The second-order valence-electron chi connectivity index (χ2n) is 5.81. The largest absolute Gasteiger partial charge is 0.383 e. The first-order valence-electron chi connectivity index (χ1n) is 7.69. The van der Waals surface area contributed by atoms with Gasteiger partial charge in [0.2, 0.25) is 6.54 Å². The number of carbonyl (C=O) groups is 1. The summed E-state index contributed by atoms with van der Waals surface area (Å²) in [4.78, 5) is 28.5. The minimum Gasteiger partial charge on any atom is -0.383 e. The zero-order valence-electron chi connectivity index (χ0n) is 13.2. The van der Waals surface area contributed by atoms with Gasteiger partial charge in [0.1, 0.15) is 11.4 Å². The molecule has 24 heavy (non-hydrogen) atoms. The van der Waals surface area contributed by atoms with Crippen molar-refractivity contribution in [1.29, 1.82) is 0 Å². The van der Waals surface area contributed by atoms with E-state index in [1.54, 1.807) is 0 Å². The molecule has 0 bridgehead atoms. The first-order chi connectivity index (χ1) is 10.2. The van der Waals surface area contributed by atoms with Crippen molar-refractivity contribution in [1.82, 2.24) is 0 Å². The second kappa shape index (κ2) is 15.0. The molecule has 8 heteroatoms. The van der Waals surface area contributed by atoms with Crippen LogP contribution in [0.5, 0.6) is 0 Å². The first-order valence-corrected chi connectivity index (χ1v) is 7.69. The molecule has 1 N–H and O–H groups in total. The zero-order chi connectivity index (χ0) is 17.0. The van der Waals surface area contributed by atoms with E-state index in [4.69, 9.17) is 10.1 Å². The molecule has 2 aliphatic rings. The van der Waals surface area contributed by atoms with Crippen molar-refractivity contribution in [3.63, 3.8) is 0 Å². The van der Waals surface area contributed by atoms with Crippen LogP contribution in [0.3, 0.4) is 0 Å². The summed E-state index contributed by atoms with van der Waals surface area (Å²) in [5.74, 6) is 0.464. The molecule has 2 rings (SSSR count). The Morgan fingerprint density at radius 1 is 0.958 bits per heavy atom. The fourth-order valence-corrected chi connectivity index (χ4v) is 2.55. The fourth-order valence-electron chi connectivity index (χ4n) is 2.55. The van der Waals surface area contributed by atoms with Gasteiger partial charge in [-0.25, -0.2) is 0 Å². The van der Waals surface area contributed by atoms with Crippen molar-refractivity contribution in [3.05, 3.63) is 20.2 Å². The number of carbonyl (C=O) groups excluding carboxylic acids is 1. The molecule has 144 valence electrons. The van der Waals surface area contributed by atoms with Gasteiger partial charge in [0.15, 0.2) is 7.05 Å². The monoisotopic (exact) mass is 350 g/mol. The second-order valence-corrected chi connectivity index (χ2v) is 5.81. The van der Waals surface area contributed by atoms with Gasteiger partial charge in [-0.1, -0.05) is 40.5 Å². The lowest BCUT2D eigenvalue weighted by Gasteiger charge is -2.27. The van der Waals surface area contributed by atoms with Gasteiger partial charge in [0.05, 0.1) is 0 Å². The van der Waals surface area contributed by atoms with Crippen LogP contribution in [0, 0.1) is 20.2 Å². The maximum absolute atomic E-state index is 10.5. The highest BCUT2D eigenvalue weighted by atomic mass is 16.6. The number of ketones is 1. The van der Waals surface area contributed by atoms with Crippen molar-refractivity contribution in [2.45, 2.75) is 84.7 Å². The van der Waals surface area contributed by atoms with Crippen molar-refractivity contribution in [2.75, 3.05) is 13.6 Å². The molecule has 2 saturated carbocycles. The van der Waals surface area contributed by atoms with E-state index in [1.165, 1.54) is 6.42 Å². The van der Waals surface area contributed by atoms with E-state index in [0.717, 1.165) is 52.0 Å². The summed E-state index contributed by atoms with van der Waals surface area (Å²) in [6.07, 6.45) is 9.36. The highest BCUT2D eigenvalue weighted by molar-refractivity contribution is 5.78. The Morgan fingerprint density at radius 2 is 1.33 bits per heavy atom. The quantitative estimate of drug-likeness (QED) is 0.599. The van der Waals surface area contributed by atoms with Crippen LogP contribution in [0.1, 0.15) is 79.1 Å². The van der Waals surface area contributed by atoms with Gasteiger partial charge >= 0.3 is 0 Å². The Labute approximate surface area is 144 Å². The lowest BCUT2D eigenvalue weighted by atomic mass is 9.85. The molecule has 0 radical (unpaired) electrons. The van der Waals surface area contributed by atoms with Gasteiger partial charge in [-0.15, -0.1) is 0 Å². The summed E-state index contributed by atoms with van der Waals surface area (Å²) < 4.78 is 0. The predicted molar refractivity (Wildman–Crippen MR) is 94.4 cm³/mol. The van der Waals surface area contributed by atoms with Crippen LogP contribution in [-0.4, -0.2) is 39.9 Å². The van der Waals surface area contributed by atoms with Crippen molar-refractivity contribution < 1.29 is 19.7 Å². The van der Waals surface area contributed by atoms with E-state index in [9.17, 15) is 20.0 Å². The molecule has 8 nitrogen and oxygen atoms in total. The maximum Gasteiger partial charge on any atom is 0.232 e. The SMILES string of the molecule is C.C.C[N+](=O)[O-].O=C1CCCCC1.O=[N+]([O-])CC1(O)CCCCC1.